The summed E-state index contributed by atoms with van der Waals surface area (Å²) in [4.78, 5) is 2.49. The average Bonchev–Trinajstić information content (AvgIpc) is 2.43. The molecule has 2 rings (SSSR count). The minimum Gasteiger partial charge on any atom is -0.497 e. The van der Waals surface area contributed by atoms with Gasteiger partial charge in [0.15, 0.2) is 0 Å². The first-order valence-electron chi connectivity index (χ1n) is 6.82. The molecular weight excluding hydrogens is 240 g/mol. The van der Waals surface area contributed by atoms with Crippen LogP contribution in [-0.2, 0) is 6.54 Å². The summed E-state index contributed by atoms with van der Waals surface area (Å²) in [5, 5.41) is 3.50. The third-order valence-corrected chi connectivity index (χ3v) is 3.76. The molecule has 1 aliphatic heterocycles. The Morgan fingerprint density at radius 3 is 2.74 bits per heavy atom. The fourth-order valence-corrected chi connectivity index (χ4v) is 2.52. The van der Waals surface area contributed by atoms with Crippen molar-refractivity contribution in [3.63, 3.8) is 0 Å². The summed E-state index contributed by atoms with van der Waals surface area (Å²) in [5.74, 6) is 1.74. The van der Waals surface area contributed by atoms with Gasteiger partial charge in [0.25, 0.3) is 0 Å². The van der Waals surface area contributed by atoms with Crippen molar-refractivity contribution in [2.45, 2.75) is 32.5 Å². The Bertz CT molecular complexity index is 423. The standard InChI is InChI=1S/C15H24N2O2/c1-11-9-17(12(2)8-16-11)10-13-5-6-14(18-3)7-15(13)19-4/h5-7,11-12,16H,8-10H2,1-4H3. The van der Waals surface area contributed by atoms with Crippen molar-refractivity contribution in [2.75, 3.05) is 27.3 Å². The van der Waals surface area contributed by atoms with E-state index in [4.69, 9.17) is 9.47 Å². The van der Waals surface area contributed by atoms with Crippen LogP contribution in [-0.4, -0.2) is 44.3 Å². The normalized spacial score (nSPS) is 24.2. The number of nitrogens with zero attached hydrogens (tertiary/aromatic N) is 1. The summed E-state index contributed by atoms with van der Waals surface area (Å²) in [6.45, 7) is 7.51. The van der Waals surface area contributed by atoms with Gasteiger partial charge in [-0.3, -0.25) is 4.90 Å². The highest BCUT2D eigenvalue weighted by Gasteiger charge is 2.23. The Labute approximate surface area is 115 Å². The third-order valence-electron chi connectivity index (χ3n) is 3.76. The molecule has 0 amide bonds. The molecule has 1 N–H and O–H groups in total. The van der Waals surface area contributed by atoms with E-state index in [1.54, 1.807) is 14.2 Å². The van der Waals surface area contributed by atoms with Gasteiger partial charge in [0.05, 0.1) is 14.2 Å². The molecule has 19 heavy (non-hydrogen) atoms. The molecule has 1 aromatic carbocycles. The van der Waals surface area contributed by atoms with Gasteiger partial charge in [0.1, 0.15) is 11.5 Å². The van der Waals surface area contributed by atoms with Crippen molar-refractivity contribution in [3.05, 3.63) is 23.8 Å². The topological polar surface area (TPSA) is 33.7 Å². The van der Waals surface area contributed by atoms with Gasteiger partial charge in [0, 0.05) is 43.3 Å². The molecule has 1 aromatic rings. The van der Waals surface area contributed by atoms with Gasteiger partial charge in [-0.2, -0.15) is 0 Å². The zero-order chi connectivity index (χ0) is 13.8. The molecule has 0 bridgehead atoms. The van der Waals surface area contributed by atoms with Crippen LogP contribution in [0.5, 0.6) is 11.5 Å². The molecule has 0 saturated carbocycles. The van der Waals surface area contributed by atoms with E-state index < -0.39 is 0 Å². The number of rotatable bonds is 4. The average molecular weight is 264 g/mol. The van der Waals surface area contributed by atoms with Gasteiger partial charge >= 0.3 is 0 Å². The summed E-state index contributed by atoms with van der Waals surface area (Å²) in [6, 6.07) is 7.13. The van der Waals surface area contributed by atoms with E-state index in [-0.39, 0.29) is 0 Å². The Morgan fingerprint density at radius 2 is 2.05 bits per heavy atom. The predicted molar refractivity (Wildman–Crippen MR) is 76.9 cm³/mol. The quantitative estimate of drug-likeness (QED) is 0.900. The van der Waals surface area contributed by atoms with Crippen LogP contribution in [0, 0.1) is 0 Å². The molecule has 1 heterocycles. The van der Waals surface area contributed by atoms with E-state index in [1.165, 1.54) is 5.56 Å². The monoisotopic (exact) mass is 264 g/mol. The maximum absolute atomic E-state index is 5.47. The zero-order valence-electron chi connectivity index (χ0n) is 12.3. The number of hydrogen-bond donors (Lipinski definition) is 1. The van der Waals surface area contributed by atoms with Crippen LogP contribution >= 0.6 is 0 Å². The molecule has 2 atom stereocenters. The van der Waals surface area contributed by atoms with Crippen molar-refractivity contribution in [3.8, 4) is 11.5 Å². The second-order valence-electron chi connectivity index (χ2n) is 5.27. The molecule has 0 aromatic heterocycles. The van der Waals surface area contributed by atoms with E-state index in [2.05, 4.69) is 30.1 Å². The highest BCUT2D eigenvalue weighted by atomic mass is 16.5. The molecule has 4 heteroatoms. The number of piperazine rings is 1. The predicted octanol–water partition coefficient (Wildman–Crippen LogP) is 1.89. The van der Waals surface area contributed by atoms with E-state index in [1.807, 2.05) is 12.1 Å². The lowest BCUT2D eigenvalue weighted by Crippen LogP contribution is -2.53. The second kappa shape index (κ2) is 6.26. The summed E-state index contributed by atoms with van der Waals surface area (Å²) in [6.07, 6.45) is 0. The lowest BCUT2D eigenvalue weighted by molar-refractivity contribution is 0.137. The number of hydrogen-bond acceptors (Lipinski definition) is 4. The van der Waals surface area contributed by atoms with Crippen LogP contribution in [0.3, 0.4) is 0 Å². The highest BCUT2D eigenvalue weighted by Crippen LogP contribution is 2.26. The van der Waals surface area contributed by atoms with Crippen molar-refractivity contribution in [2.24, 2.45) is 0 Å². The Hall–Kier alpha value is -1.26. The largest absolute Gasteiger partial charge is 0.497 e. The van der Waals surface area contributed by atoms with E-state index in [0.29, 0.717) is 12.1 Å². The second-order valence-corrected chi connectivity index (χ2v) is 5.27. The van der Waals surface area contributed by atoms with E-state index in [0.717, 1.165) is 31.1 Å². The van der Waals surface area contributed by atoms with Gasteiger partial charge in [-0.25, -0.2) is 0 Å². The molecule has 1 fully saturated rings. The summed E-state index contributed by atoms with van der Waals surface area (Å²) >= 11 is 0. The lowest BCUT2D eigenvalue weighted by Gasteiger charge is -2.37. The number of methoxy groups -OCH3 is 2. The van der Waals surface area contributed by atoms with Gasteiger partial charge < -0.3 is 14.8 Å². The molecule has 1 aliphatic rings. The fraction of sp³-hybridized carbons (Fsp3) is 0.600. The number of benzene rings is 1. The van der Waals surface area contributed by atoms with Gasteiger partial charge in [-0.15, -0.1) is 0 Å². The van der Waals surface area contributed by atoms with E-state index in [9.17, 15) is 0 Å². The highest BCUT2D eigenvalue weighted by molar-refractivity contribution is 5.40. The molecule has 4 nitrogen and oxygen atoms in total. The molecule has 1 saturated heterocycles. The molecule has 0 aliphatic carbocycles. The summed E-state index contributed by atoms with van der Waals surface area (Å²) < 4.78 is 10.7. The van der Waals surface area contributed by atoms with Gasteiger partial charge in [0.2, 0.25) is 0 Å². The van der Waals surface area contributed by atoms with Crippen LogP contribution in [0.25, 0.3) is 0 Å². The van der Waals surface area contributed by atoms with Crippen molar-refractivity contribution in [1.82, 2.24) is 10.2 Å². The summed E-state index contributed by atoms with van der Waals surface area (Å²) in [5.41, 5.74) is 1.21. The Morgan fingerprint density at radius 1 is 1.26 bits per heavy atom. The lowest BCUT2D eigenvalue weighted by atomic mass is 10.1. The maximum atomic E-state index is 5.47. The van der Waals surface area contributed by atoms with Crippen molar-refractivity contribution < 1.29 is 9.47 Å². The minimum atomic E-state index is 0.542. The Balaban J connectivity index is 2.13. The van der Waals surface area contributed by atoms with Crippen LogP contribution < -0.4 is 14.8 Å². The molecular formula is C15H24N2O2. The SMILES string of the molecule is COc1ccc(CN2CC(C)NCC2C)c(OC)c1. The van der Waals surface area contributed by atoms with Crippen LogP contribution in [0.4, 0.5) is 0 Å². The zero-order valence-corrected chi connectivity index (χ0v) is 12.3. The van der Waals surface area contributed by atoms with E-state index >= 15 is 0 Å². The Kier molecular flexibility index (Phi) is 4.66. The first-order valence-corrected chi connectivity index (χ1v) is 6.82. The first kappa shape index (κ1) is 14.2. The molecule has 0 spiro atoms. The van der Waals surface area contributed by atoms with Crippen LogP contribution in [0.2, 0.25) is 0 Å². The molecule has 0 radical (unpaired) electrons. The van der Waals surface area contributed by atoms with Crippen LogP contribution in [0.15, 0.2) is 18.2 Å². The third kappa shape index (κ3) is 3.39. The van der Waals surface area contributed by atoms with Crippen molar-refractivity contribution in [1.29, 1.82) is 0 Å². The van der Waals surface area contributed by atoms with Gasteiger partial charge in [-0.1, -0.05) is 6.07 Å². The number of ether oxygens (including phenoxy) is 2. The maximum Gasteiger partial charge on any atom is 0.127 e. The van der Waals surface area contributed by atoms with Crippen LogP contribution in [0.1, 0.15) is 19.4 Å². The number of nitrogens with one attached hydrogen (secondary N) is 1. The summed E-state index contributed by atoms with van der Waals surface area (Å²) in [7, 11) is 3.39. The van der Waals surface area contributed by atoms with Crippen molar-refractivity contribution >= 4 is 0 Å². The fourth-order valence-electron chi connectivity index (χ4n) is 2.52. The smallest absolute Gasteiger partial charge is 0.127 e. The molecule has 2 unspecified atom stereocenters. The minimum absolute atomic E-state index is 0.542. The molecule has 106 valence electrons. The first-order chi connectivity index (χ1) is 9.13. The van der Waals surface area contributed by atoms with Gasteiger partial charge in [-0.05, 0) is 19.9 Å².